The van der Waals surface area contributed by atoms with Crippen molar-refractivity contribution in [3.63, 3.8) is 0 Å². The predicted octanol–water partition coefficient (Wildman–Crippen LogP) is 2.76. The van der Waals surface area contributed by atoms with Crippen LogP contribution in [0.15, 0.2) is 24.7 Å². The summed E-state index contributed by atoms with van der Waals surface area (Å²) < 4.78 is 6.63. The van der Waals surface area contributed by atoms with Crippen molar-refractivity contribution in [1.29, 1.82) is 0 Å². The molecule has 8 heteroatoms. The summed E-state index contributed by atoms with van der Waals surface area (Å²) in [5, 5.41) is 7.69. The average molecular weight is 335 g/mol. The number of hydrogen-bond donors (Lipinski definition) is 1. The minimum Gasteiger partial charge on any atom is -0.462 e. The number of halogens is 1. The second-order valence-electron chi connectivity index (χ2n) is 5.16. The van der Waals surface area contributed by atoms with E-state index in [1.54, 1.807) is 30.1 Å². The molecule has 0 unspecified atom stereocenters. The number of anilines is 2. The molecule has 23 heavy (non-hydrogen) atoms. The number of ketones is 1. The summed E-state index contributed by atoms with van der Waals surface area (Å²) >= 11 is 6.32. The first-order valence-electron chi connectivity index (χ1n) is 7.23. The molecule has 0 aliphatic heterocycles. The highest BCUT2D eigenvalue weighted by Crippen LogP contribution is 2.35. The van der Waals surface area contributed by atoms with Gasteiger partial charge in [-0.3, -0.25) is 9.78 Å². The van der Waals surface area contributed by atoms with E-state index in [1.807, 2.05) is 0 Å². The molecule has 3 rings (SSSR count). The highest BCUT2D eigenvalue weighted by Gasteiger charge is 2.30. The van der Waals surface area contributed by atoms with Gasteiger partial charge < -0.3 is 10.1 Å². The average Bonchev–Trinajstić information content (AvgIpc) is 2.86. The summed E-state index contributed by atoms with van der Waals surface area (Å²) in [6.07, 6.45) is 5.46. The highest BCUT2D eigenvalue weighted by molar-refractivity contribution is 6.32. The Morgan fingerprint density at radius 3 is 2.91 bits per heavy atom. The number of aromatic nitrogens is 3. The summed E-state index contributed by atoms with van der Waals surface area (Å²) in [5.74, 6) is -0.258. The molecule has 0 saturated heterocycles. The van der Waals surface area contributed by atoms with Gasteiger partial charge in [0.2, 0.25) is 0 Å². The molecule has 1 aliphatic rings. The Hall–Kier alpha value is -2.41. The lowest BCUT2D eigenvalue weighted by Gasteiger charge is -2.24. The third-order valence-electron chi connectivity index (χ3n) is 3.59. The molecule has 2 aromatic heterocycles. The fourth-order valence-electron chi connectivity index (χ4n) is 2.34. The molecule has 1 N–H and O–H groups in total. The smallest absolute Gasteiger partial charge is 0.341 e. The van der Waals surface area contributed by atoms with Crippen LogP contribution in [0.5, 0.6) is 0 Å². The Bertz CT molecular complexity index is 751. The lowest BCUT2D eigenvalue weighted by molar-refractivity contribution is -0.126. The van der Waals surface area contributed by atoms with Crippen LogP contribution in [0.3, 0.4) is 0 Å². The summed E-state index contributed by atoms with van der Waals surface area (Å²) in [4.78, 5) is 27.0. The van der Waals surface area contributed by atoms with E-state index in [0.29, 0.717) is 34.9 Å². The van der Waals surface area contributed by atoms with Gasteiger partial charge in [0.1, 0.15) is 11.3 Å². The van der Waals surface area contributed by atoms with Gasteiger partial charge in [-0.2, -0.15) is 5.10 Å². The highest BCUT2D eigenvalue weighted by atomic mass is 35.5. The van der Waals surface area contributed by atoms with E-state index in [4.69, 9.17) is 16.3 Å². The Morgan fingerprint density at radius 2 is 2.22 bits per heavy atom. The second kappa shape index (κ2) is 6.37. The number of pyridine rings is 1. The zero-order valence-corrected chi connectivity index (χ0v) is 13.2. The number of esters is 1. The molecule has 0 aromatic carbocycles. The monoisotopic (exact) mass is 334 g/mol. The normalized spacial score (nSPS) is 14.4. The van der Waals surface area contributed by atoms with Crippen molar-refractivity contribution in [1.82, 2.24) is 14.8 Å². The summed E-state index contributed by atoms with van der Waals surface area (Å²) in [7, 11) is 0. The van der Waals surface area contributed by atoms with Gasteiger partial charge in [0.25, 0.3) is 0 Å². The minimum atomic E-state index is -0.462. The van der Waals surface area contributed by atoms with Crippen molar-refractivity contribution < 1.29 is 14.3 Å². The standard InChI is InChI=1S/C15H15ClN4O3/c1-2-23-15(22)11-7-17-4-3-12(11)19-13-8-18-20(14(13)16)9-5-10(21)6-9/h3-4,7-9H,2,5-6H2,1H3,(H,17,19). The van der Waals surface area contributed by atoms with Crippen LogP contribution in [0.1, 0.15) is 36.2 Å². The van der Waals surface area contributed by atoms with Crippen molar-refractivity contribution >= 4 is 34.7 Å². The van der Waals surface area contributed by atoms with Crippen LogP contribution >= 0.6 is 11.6 Å². The van der Waals surface area contributed by atoms with E-state index in [2.05, 4.69) is 15.4 Å². The number of carbonyl (C=O) groups is 2. The number of rotatable bonds is 5. The fraction of sp³-hybridized carbons (Fsp3) is 0.333. The number of carbonyl (C=O) groups excluding carboxylic acids is 2. The molecular formula is C15H15ClN4O3. The first-order valence-corrected chi connectivity index (χ1v) is 7.60. The predicted molar refractivity (Wildman–Crippen MR) is 84.0 cm³/mol. The molecule has 2 aromatic rings. The molecule has 0 spiro atoms. The molecule has 2 heterocycles. The molecular weight excluding hydrogens is 320 g/mol. The van der Waals surface area contributed by atoms with Crippen LogP contribution in [0.25, 0.3) is 0 Å². The van der Waals surface area contributed by atoms with Gasteiger partial charge >= 0.3 is 5.97 Å². The van der Waals surface area contributed by atoms with Gasteiger partial charge in [-0.15, -0.1) is 0 Å². The zero-order chi connectivity index (χ0) is 16.4. The first-order chi connectivity index (χ1) is 11.1. The summed E-state index contributed by atoms with van der Waals surface area (Å²) in [6, 6.07) is 1.67. The van der Waals surface area contributed by atoms with Gasteiger partial charge in [0, 0.05) is 25.2 Å². The topological polar surface area (TPSA) is 86.1 Å². The Kier molecular flexibility index (Phi) is 4.29. The summed E-state index contributed by atoms with van der Waals surface area (Å²) in [6.45, 7) is 2.02. The number of ether oxygens (including phenoxy) is 1. The van der Waals surface area contributed by atoms with E-state index >= 15 is 0 Å². The van der Waals surface area contributed by atoms with Crippen LogP contribution in [-0.2, 0) is 9.53 Å². The maximum absolute atomic E-state index is 12.0. The Morgan fingerprint density at radius 1 is 1.43 bits per heavy atom. The van der Waals surface area contributed by atoms with Gasteiger partial charge in [-0.25, -0.2) is 9.48 Å². The van der Waals surface area contributed by atoms with E-state index in [1.165, 1.54) is 6.20 Å². The van der Waals surface area contributed by atoms with Gasteiger partial charge in [0.15, 0.2) is 5.15 Å². The van der Waals surface area contributed by atoms with Crippen LogP contribution < -0.4 is 5.32 Å². The quantitative estimate of drug-likeness (QED) is 0.846. The number of nitrogens with one attached hydrogen (secondary N) is 1. The molecule has 120 valence electrons. The molecule has 1 aliphatic carbocycles. The Balaban J connectivity index is 1.83. The number of Topliss-reactive ketones (excluding diaryl/α,β-unsaturated/α-hetero) is 1. The zero-order valence-electron chi connectivity index (χ0n) is 12.5. The lowest BCUT2D eigenvalue weighted by Crippen LogP contribution is -2.27. The molecule has 0 amide bonds. The van der Waals surface area contributed by atoms with E-state index in [9.17, 15) is 9.59 Å². The maximum atomic E-state index is 12.0. The van der Waals surface area contributed by atoms with Gasteiger partial charge in [-0.05, 0) is 13.0 Å². The molecule has 7 nitrogen and oxygen atoms in total. The molecule has 0 atom stereocenters. The second-order valence-corrected chi connectivity index (χ2v) is 5.52. The van der Waals surface area contributed by atoms with E-state index < -0.39 is 5.97 Å². The molecule has 1 saturated carbocycles. The molecule has 0 bridgehead atoms. The van der Waals surface area contributed by atoms with Crippen LogP contribution in [0, 0.1) is 0 Å². The molecule has 1 fully saturated rings. The van der Waals surface area contributed by atoms with Crippen molar-refractivity contribution in [2.45, 2.75) is 25.8 Å². The van der Waals surface area contributed by atoms with Crippen molar-refractivity contribution in [3.05, 3.63) is 35.4 Å². The first kappa shape index (κ1) is 15.5. The van der Waals surface area contributed by atoms with Crippen molar-refractivity contribution in [3.8, 4) is 0 Å². The van der Waals surface area contributed by atoms with E-state index in [0.717, 1.165) is 0 Å². The van der Waals surface area contributed by atoms with Gasteiger partial charge in [0.05, 0.1) is 30.2 Å². The van der Waals surface area contributed by atoms with Crippen molar-refractivity contribution in [2.75, 3.05) is 11.9 Å². The largest absolute Gasteiger partial charge is 0.462 e. The number of hydrogen-bond acceptors (Lipinski definition) is 6. The van der Waals surface area contributed by atoms with Crippen LogP contribution in [0.2, 0.25) is 5.15 Å². The van der Waals surface area contributed by atoms with E-state index in [-0.39, 0.29) is 18.4 Å². The minimum absolute atomic E-state index is 0.00696. The lowest BCUT2D eigenvalue weighted by atomic mass is 9.92. The molecule has 0 radical (unpaired) electrons. The van der Waals surface area contributed by atoms with Crippen molar-refractivity contribution in [2.24, 2.45) is 0 Å². The third-order valence-corrected chi connectivity index (χ3v) is 3.97. The number of nitrogens with zero attached hydrogens (tertiary/aromatic N) is 3. The van der Waals surface area contributed by atoms with Gasteiger partial charge in [-0.1, -0.05) is 11.6 Å². The van der Waals surface area contributed by atoms with Crippen LogP contribution in [-0.4, -0.2) is 33.1 Å². The third kappa shape index (κ3) is 3.05. The summed E-state index contributed by atoms with van der Waals surface area (Å²) in [5.41, 5.74) is 1.41. The van der Waals surface area contributed by atoms with Crippen LogP contribution in [0.4, 0.5) is 11.4 Å². The SMILES string of the molecule is CCOC(=O)c1cnccc1Nc1cnn(C2CC(=O)C2)c1Cl. The Labute approximate surface area is 137 Å². The maximum Gasteiger partial charge on any atom is 0.341 e. The fourth-order valence-corrected chi connectivity index (χ4v) is 2.62.